The second-order valence-corrected chi connectivity index (χ2v) is 5.90. The third kappa shape index (κ3) is 2.99. The molecule has 0 aromatic carbocycles. The molecule has 0 saturated heterocycles. The molecule has 22 heavy (non-hydrogen) atoms. The summed E-state index contributed by atoms with van der Waals surface area (Å²) in [5, 5.41) is 13.9. The van der Waals surface area contributed by atoms with Crippen LogP contribution in [-0.2, 0) is 19.5 Å². The van der Waals surface area contributed by atoms with E-state index >= 15 is 0 Å². The van der Waals surface area contributed by atoms with Crippen LogP contribution in [0.3, 0.4) is 0 Å². The average Bonchev–Trinajstić information content (AvgIpc) is 3.13. The van der Waals surface area contributed by atoms with Gasteiger partial charge in [-0.05, 0) is 17.9 Å². The average molecular weight is 330 g/mol. The second-order valence-electron chi connectivity index (χ2n) is 5.11. The molecule has 0 aliphatic carbocycles. The van der Waals surface area contributed by atoms with Gasteiger partial charge in [0.15, 0.2) is 5.82 Å². The van der Waals surface area contributed by atoms with E-state index in [0.29, 0.717) is 17.2 Å². The van der Waals surface area contributed by atoms with Crippen molar-refractivity contribution in [1.29, 1.82) is 0 Å². The zero-order valence-corrected chi connectivity index (χ0v) is 12.2. The summed E-state index contributed by atoms with van der Waals surface area (Å²) in [6.07, 6.45) is -3.95. The van der Waals surface area contributed by atoms with E-state index in [9.17, 15) is 18.0 Å². The third-order valence-electron chi connectivity index (χ3n) is 3.68. The summed E-state index contributed by atoms with van der Waals surface area (Å²) >= 11 is 1.40. The van der Waals surface area contributed by atoms with E-state index in [2.05, 4.69) is 15.5 Å². The molecule has 0 spiro atoms. The highest BCUT2D eigenvalue weighted by molar-refractivity contribution is 7.08. The molecule has 0 radical (unpaired) electrons. The molecule has 3 heterocycles. The van der Waals surface area contributed by atoms with Crippen molar-refractivity contribution >= 4 is 17.2 Å². The molecule has 1 aliphatic heterocycles. The zero-order valence-electron chi connectivity index (χ0n) is 11.4. The minimum atomic E-state index is -4.22. The lowest BCUT2D eigenvalue weighted by molar-refractivity contribution is -0.182. The van der Waals surface area contributed by atoms with Crippen LogP contribution >= 0.6 is 11.3 Å². The Morgan fingerprint density at radius 3 is 2.95 bits per heavy atom. The second kappa shape index (κ2) is 5.71. The van der Waals surface area contributed by atoms with Gasteiger partial charge < -0.3 is 9.88 Å². The van der Waals surface area contributed by atoms with Gasteiger partial charge >= 0.3 is 6.18 Å². The molecule has 3 rings (SSSR count). The van der Waals surface area contributed by atoms with Crippen molar-refractivity contribution < 1.29 is 18.0 Å². The number of nitrogens with zero attached hydrogens (tertiary/aromatic N) is 3. The number of amides is 1. The first-order chi connectivity index (χ1) is 10.4. The maximum Gasteiger partial charge on any atom is 0.393 e. The minimum absolute atomic E-state index is 0.0307. The Hall–Kier alpha value is -1.90. The lowest BCUT2D eigenvalue weighted by atomic mass is 9.99. The number of thiophene rings is 1. The normalized spacial score (nSPS) is 18.0. The van der Waals surface area contributed by atoms with Crippen molar-refractivity contribution in [3.8, 4) is 0 Å². The summed E-state index contributed by atoms with van der Waals surface area (Å²) in [4.78, 5) is 11.9. The Kier molecular flexibility index (Phi) is 3.90. The van der Waals surface area contributed by atoms with Crippen molar-refractivity contribution in [2.45, 2.75) is 32.1 Å². The smallest absolute Gasteiger partial charge is 0.345 e. The molecular weight excluding hydrogens is 317 g/mol. The summed E-state index contributed by atoms with van der Waals surface area (Å²) in [7, 11) is 0. The first-order valence-corrected chi connectivity index (χ1v) is 7.67. The molecule has 9 heteroatoms. The Morgan fingerprint density at radius 2 is 2.27 bits per heavy atom. The van der Waals surface area contributed by atoms with Crippen molar-refractivity contribution in [2.24, 2.45) is 5.92 Å². The number of alkyl halides is 3. The Labute approximate surface area is 128 Å². The fraction of sp³-hybridized carbons (Fsp3) is 0.462. The topological polar surface area (TPSA) is 59.8 Å². The van der Waals surface area contributed by atoms with Gasteiger partial charge in [-0.3, -0.25) is 4.79 Å². The summed E-state index contributed by atoms with van der Waals surface area (Å²) in [6.45, 7) is -0.123. The van der Waals surface area contributed by atoms with Crippen LogP contribution in [-0.4, -0.2) is 26.8 Å². The van der Waals surface area contributed by atoms with Crippen molar-refractivity contribution in [3.63, 3.8) is 0 Å². The van der Waals surface area contributed by atoms with Crippen LogP contribution in [0.5, 0.6) is 0 Å². The largest absolute Gasteiger partial charge is 0.393 e. The number of hydrogen-bond acceptors (Lipinski definition) is 4. The molecule has 5 nitrogen and oxygen atoms in total. The number of halogens is 3. The van der Waals surface area contributed by atoms with Gasteiger partial charge in [0.2, 0.25) is 0 Å². The van der Waals surface area contributed by atoms with E-state index in [0.717, 1.165) is 0 Å². The van der Waals surface area contributed by atoms with Crippen LogP contribution < -0.4 is 5.32 Å². The SMILES string of the molecule is O=C(NCc1nnc2n1CC(C(F)(F)F)CC2)c1ccsc1. The van der Waals surface area contributed by atoms with Crippen LogP contribution in [0, 0.1) is 5.92 Å². The maximum absolute atomic E-state index is 12.9. The minimum Gasteiger partial charge on any atom is -0.345 e. The number of aryl methyl sites for hydroxylation is 1. The van der Waals surface area contributed by atoms with Gasteiger partial charge in [-0.1, -0.05) is 0 Å². The highest BCUT2D eigenvalue weighted by Crippen LogP contribution is 2.34. The van der Waals surface area contributed by atoms with Gasteiger partial charge in [0.25, 0.3) is 5.91 Å². The van der Waals surface area contributed by atoms with Crippen LogP contribution in [0.25, 0.3) is 0 Å². The van der Waals surface area contributed by atoms with Gasteiger partial charge in [0, 0.05) is 23.9 Å². The molecule has 1 N–H and O–H groups in total. The molecule has 118 valence electrons. The Balaban J connectivity index is 1.69. The summed E-state index contributed by atoms with van der Waals surface area (Å²) in [5.74, 6) is -0.767. The summed E-state index contributed by atoms with van der Waals surface area (Å²) < 4.78 is 40.0. The lowest BCUT2D eigenvalue weighted by Gasteiger charge is -2.26. The van der Waals surface area contributed by atoms with Gasteiger partial charge in [0.1, 0.15) is 5.82 Å². The number of fused-ring (bicyclic) bond motifs is 1. The number of rotatable bonds is 3. The van der Waals surface area contributed by atoms with Gasteiger partial charge in [0.05, 0.1) is 12.5 Å². The van der Waals surface area contributed by atoms with Gasteiger partial charge in [-0.15, -0.1) is 10.2 Å². The standard InChI is InChI=1S/C13H13F3N4OS/c14-13(15,16)9-1-2-10-18-19-11(20(10)6-9)5-17-12(21)8-3-4-22-7-8/h3-4,7,9H,1-2,5-6H2,(H,17,21). The first kappa shape index (κ1) is 15.0. The van der Waals surface area contributed by atoms with E-state index in [4.69, 9.17) is 0 Å². The predicted molar refractivity (Wildman–Crippen MR) is 73.4 cm³/mol. The zero-order chi connectivity index (χ0) is 15.7. The number of nitrogens with one attached hydrogen (secondary N) is 1. The van der Waals surface area contributed by atoms with Gasteiger partial charge in [-0.2, -0.15) is 24.5 Å². The summed E-state index contributed by atoms with van der Waals surface area (Å²) in [6, 6.07) is 1.68. The summed E-state index contributed by atoms with van der Waals surface area (Å²) in [5.41, 5.74) is 0.525. The van der Waals surface area contributed by atoms with Crippen LogP contribution in [0.4, 0.5) is 13.2 Å². The van der Waals surface area contributed by atoms with E-state index < -0.39 is 12.1 Å². The lowest BCUT2D eigenvalue weighted by Crippen LogP contribution is -2.33. The molecule has 0 bridgehead atoms. The van der Waals surface area contributed by atoms with E-state index in [1.54, 1.807) is 16.8 Å². The molecule has 1 atom stereocenters. The predicted octanol–water partition coefficient (Wildman–Crippen LogP) is 2.39. The molecule has 1 amide bonds. The van der Waals surface area contributed by atoms with Crippen molar-refractivity contribution in [1.82, 2.24) is 20.1 Å². The van der Waals surface area contributed by atoms with Crippen LogP contribution in [0.15, 0.2) is 16.8 Å². The third-order valence-corrected chi connectivity index (χ3v) is 4.36. The highest BCUT2D eigenvalue weighted by Gasteiger charge is 2.42. The van der Waals surface area contributed by atoms with Crippen molar-refractivity contribution in [3.05, 3.63) is 34.0 Å². The monoisotopic (exact) mass is 330 g/mol. The van der Waals surface area contributed by atoms with Crippen LogP contribution in [0.2, 0.25) is 0 Å². The highest BCUT2D eigenvalue weighted by atomic mass is 32.1. The maximum atomic E-state index is 12.9. The molecule has 1 unspecified atom stereocenters. The van der Waals surface area contributed by atoms with E-state index in [1.165, 1.54) is 15.9 Å². The molecule has 1 aliphatic rings. The van der Waals surface area contributed by atoms with Crippen molar-refractivity contribution in [2.75, 3.05) is 0 Å². The Morgan fingerprint density at radius 1 is 1.45 bits per heavy atom. The molecule has 2 aromatic heterocycles. The molecule has 0 fully saturated rings. The van der Waals surface area contributed by atoms with E-state index in [-0.39, 0.29) is 31.8 Å². The number of carbonyl (C=O) groups excluding carboxylic acids is 1. The quantitative estimate of drug-likeness (QED) is 0.940. The Bertz CT molecular complexity index is 665. The molecule has 2 aromatic rings. The molecule has 0 saturated carbocycles. The fourth-order valence-corrected chi connectivity index (χ4v) is 3.07. The molecular formula is C13H13F3N4OS. The first-order valence-electron chi connectivity index (χ1n) is 6.73. The van der Waals surface area contributed by atoms with Crippen LogP contribution in [0.1, 0.15) is 28.4 Å². The number of aromatic nitrogens is 3. The number of carbonyl (C=O) groups is 1. The van der Waals surface area contributed by atoms with E-state index in [1.807, 2.05) is 0 Å². The number of hydrogen-bond donors (Lipinski definition) is 1. The van der Waals surface area contributed by atoms with Gasteiger partial charge in [-0.25, -0.2) is 0 Å². The fourth-order valence-electron chi connectivity index (χ4n) is 2.44.